The van der Waals surface area contributed by atoms with Crippen LogP contribution in [-0.2, 0) is 20.1 Å². The SMILES string of the molecule is O=C(OO)C1CCNCC1.O=S(=O)(O)O. The van der Waals surface area contributed by atoms with Crippen molar-refractivity contribution in [3.8, 4) is 0 Å². The molecule has 1 aliphatic heterocycles. The van der Waals surface area contributed by atoms with Crippen LogP contribution in [0.25, 0.3) is 0 Å². The summed E-state index contributed by atoms with van der Waals surface area (Å²) in [6.07, 6.45) is 1.53. The fourth-order valence-electron chi connectivity index (χ4n) is 1.13. The molecule has 0 saturated carbocycles. The Morgan fingerprint density at radius 3 is 2.00 bits per heavy atom. The number of carbonyl (C=O) groups excluding carboxylic acids is 1. The van der Waals surface area contributed by atoms with Gasteiger partial charge in [0.05, 0.1) is 5.92 Å². The summed E-state index contributed by atoms with van der Waals surface area (Å²) in [7, 11) is -4.67. The Kier molecular flexibility index (Phi) is 6.36. The van der Waals surface area contributed by atoms with Crippen molar-refractivity contribution in [3.05, 3.63) is 0 Å². The number of hydrogen-bond donors (Lipinski definition) is 4. The van der Waals surface area contributed by atoms with Crippen LogP contribution in [0.3, 0.4) is 0 Å². The lowest BCUT2D eigenvalue weighted by atomic mass is 9.99. The molecule has 0 aromatic heterocycles. The van der Waals surface area contributed by atoms with Gasteiger partial charge < -0.3 is 10.2 Å². The Hall–Kier alpha value is -0.740. The normalized spacial score (nSPS) is 17.5. The third kappa shape index (κ3) is 9.56. The minimum absolute atomic E-state index is 0.105. The van der Waals surface area contributed by atoms with Gasteiger partial charge in [-0.05, 0) is 25.9 Å². The highest BCUT2D eigenvalue weighted by molar-refractivity contribution is 7.79. The van der Waals surface area contributed by atoms with Crippen LogP contribution in [0.4, 0.5) is 0 Å². The van der Waals surface area contributed by atoms with E-state index in [-0.39, 0.29) is 5.92 Å². The molecule has 1 heterocycles. The van der Waals surface area contributed by atoms with E-state index in [4.69, 9.17) is 22.8 Å². The molecule has 0 amide bonds. The highest BCUT2D eigenvalue weighted by atomic mass is 32.3. The molecule has 9 heteroatoms. The van der Waals surface area contributed by atoms with Crippen molar-refractivity contribution in [2.45, 2.75) is 12.8 Å². The van der Waals surface area contributed by atoms with Gasteiger partial charge in [-0.25, -0.2) is 4.79 Å². The molecule has 90 valence electrons. The highest BCUT2D eigenvalue weighted by Gasteiger charge is 2.22. The number of carbonyl (C=O) groups is 1. The van der Waals surface area contributed by atoms with Gasteiger partial charge in [-0.3, -0.25) is 9.11 Å². The number of hydrogen-bond acceptors (Lipinski definition) is 6. The van der Waals surface area contributed by atoms with E-state index in [0.29, 0.717) is 0 Å². The maximum Gasteiger partial charge on any atom is 0.394 e. The van der Waals surface area contributed by atoms with Crippen LogP contribution in [0.2, 0.25) is 0 Å². The van der Waals surface area contributed by atoms with Crippen molar-refractivity contribution in [1.82, 2.24) is 5.32 Å². The van der Waals surface area contributed by atoms with Gasteiger partial charge >= 0.3 is 16.4 Å². The van der Waals surface area contributed by atoms with Gasteiger partial charge in [0.1, 0.15) is 0 Å². The Morgan fingerprint density at radius 2 is 1.67 bits per heavy atom. The first-order chi connectivity index (χ1) is 6.84. The third-order valence-corrected chi connectivity index (χ3v) is 1.76. The van der Waals surface area contributed by atoms with Crippen LogP contribution in [0.5, 0.6) is 0 Å². The Labute approximate surface area is 86.7 Å². The van der Waals surface area contributed by atoms with Gasteiger partial charge in [0.2, 0.25) is 0 Å². The van der Waals surface area contributed by atoms with Crippen molar-refractivity contribution >= 4 is 16.4 Å². The van der Waals surface area contributed by atoms with E-state index < -0.39 is 16.4 Å². The van der Waals surface area contributed by atoms with Crippen molar-refractivity contribution in [2.24, 2.45) is 5.92 Å². The summed E-state index contributed by atoms with van der Waals surface area (Å²) in [6.45, 7) is 1.67. The van der Waals surface area contributed by atoms with Crippen LogP contribution in [0, 0.1) is 5.92 Å². The van der Waals surface area contributed by atoms with Crippen LogP contribution in [-0.4, -0.2) is 41.8 Å². The summed E-state index contributed by atoms with van der Waals surface area (Å²) < 4.78 is 31.6. The molecule has 1 saturated heterocycles. The minimum Gasteiger partial charge on any atom is -0.317 e. The molecule has 0 unspecified atom stereocenters. The molecule has 1 aliphatic rings. The second-order valence-electron chi connectivity index (χ2n) is 2.88. The first-order valence-electron chi connectivity index (χ1n) is 4.10. The molecule has 0 atom stereocenters. The molecular weight excluding hydrogens is 230 g/mol. The number of nitrogens with one attached hydrogen (secondary N) is 1. The molecule has 0 aromatic rings. The predicted octanol–water partition coefficient (Wildman–Crippen LogP) is -0.651. The largest absolute Gasteiger partial charge is 0.394 e. The smallest absolute Gasteiger partial charge is 0.317 e. The minimum atomic E-state index is -4.67. The van der Waals surface area contributed by atoms with Crippen molar-refractivity contribution < 1.29 is 32.5 Å². The Balaban J connectivity index is 0.000000336. The molecule has 0 aromatic carbocycles. The molecule has 8 nitrogen and oxygen atoms in total. The summed E-state index contributed by atoms with van der Waals surface area (Å²) >= 11 is 0. The fraction of sp³-hybridized carbons (Fsp3) is 0.833. The van der Waals surface area contributed by atoms with E-state index in [1.807, 2.05) is 0 Å². The Bertz CT molecular complexity index is 274. The topological polar surface area (TPSA) is 133 Å². The molecule has 0 radical (unpaired) electrons. The second-order valence-corrected chi connectivity index (χ2v) is 3.78. The first kappa shape index (κ1) is 14.3. The van der Waals surface area contributed by atoms with Gasteiger partial charge in [-0.2, -0.15) is 13.7 Å². The predicted molar refractivity (Wildman–Crippen MR) is 48.5 cm³/mol. The van der Waals surface area contributed by atoms with Crippen LogP contribution in [0.1, 0.15) is 12.8 Å². The van der Waals surface area contributed by atoms with Crippen LogP contribution < -0.4 is 5.32 Å². The van der Waals surface area contributed by atoms with E-state index >= 15 is 0 Å². The van der Waals surface area contributed by atoms with Crippen molar-refractivity contribution in [1.29, 1.82) is 0 Å². The lowest BCUT2D eigenvalue weighted by Crippen LogP contribution is -2.32. The molecule has 1 fully saturated rings. The monoisotopic (exact) mass is 243 g/mol. The standard InChI is InChI=1S/C6H11NO3.H2O4S/c8-6(10-9)5-1-3-7-4-2-5;1-5(2,3)4/h5,7,9H,1-4H2;(H2,1,2,3,4). The van der Waals surface area contributed by atoms with Gasteiger partial charge in [-0.1, -0.05) is 0 Å². The first-order valence-corrected chi connectivity index (χ1v) is 5.50. The zero-order chi connectivity index (χ0) is 11.9. The molecule has 0 aliphatic carbocycles. The van der Waals surface area contributed by atoms with Gasteiger partial charge in [0, 0.05) is 0 Å². The number of piperidine rings is 1. The lowest BCUT2D eigenvalue weighted by Gasteiger charge is -2.18. The van der Waals surface area contributed by atoms with E-state index in [1.54, 1.807) is 0 Å². The zero-order valence-corrected chi connectivity index (χ0v) is 8.61. The lowest BCUT2D eigenvalue weighted by molar-refractivity contribution is -0.239. The van der Waals surface area contributed by atoms with Crippen molar-refractivity contribution in [2.75, 3.05) is 13.1 Å². The quantitative estimate of drug-likeness (QED) is 0.271. The molecule has 1 rings (SSSR count). The maximum atomic E-state index is 10.7. The van der Waals surface area contributed by atoms with E-state index in [0.717, 1.165) is 25.9 Å². The zero-order valence-electron chi connectivity index (χ0n) is 7.79. The maximum absolute atomic E-state index is 10.7. The molecule has 0 spiro atoms. The average Bonchev–Trinajstić information content (AvgIpc) is 2.15. The van der Waals surface area contributed by atoms with E-state index in [9.17, 15) is 4.79 Å². The molecule has 0 bridgehead atoms. The van der Waals surface area contributed by atoms with Gasteiger partial charge in [-0.15, -0.1) is 0 Å². The van der Waals surface area contributed by atoms with Crippen LogP contribution >= 0.6 is 0 Å². The molecule has 4 N–H and O–H groups in total. The third-order valence-electron chi connectivity index (χ3n) is 1.76. The van der Waals surface area contributed by atoms with Gasteiger partial charge in [0.25, 0.3) is 0 Å². The highest BCUT2D eigenvalue weighted by Crippen LogP contribution is 2.12. The van der Waals surface area contributed by atoms with E-state index in [2.05, 4.69) is 10.2 Å². The van der Waals surface area contributed by atoms with Gasteiger partial charge in [0.15, 0.2) is 0 Å². The fourth-order valence-corrected chi connectivity index (χ4v) is 1.13. The summed E-state index contributed by atoms with van der Waals surface area (Å²) in [5.41, 5.74) is 0. The summed E-state index contributed by atoms with van der Waals surface area (Å²) in [5.74, 6) is -0.604. The average molecular weight is 243 g/mol. The van der Waals surface area contributed by atoms with Crippen molar-refractivity contribution in [3.63, 3.8) is 0 Å². The molecular formula is C6H13NO7S. The van der Waals surface area contributed by atoms with E-state index in [1.165, 1.54) is 0 Å². The summed E-state index contributed by atoms with van der Waals surface area (Å²) in [4.78, 5) is 14.3. The van der Waals surface area contributed by atoms with Crippen LogP contribution in [0.15, 0.2) is 0 Å². The summed E-state index contributed by atoms with van der Waals surface area (Å²) in [5, 5.41) is 11.1. The number of rotatable bonds is 1. The molecule has 15 heavy (non-hydrogen) atoms. The summed E-state index contributed by atoms with van der Waals surface area (Å²) in [6, 6.07) is 0. The second kappa shape index (κ2) is 6.69. The Morgan fingerprint density at radius 1 is 1.27 bits per heavy atom.